The summed E-state index contributed by atoms with van der Waals surface area (Å²) < 4.78 is 4.24. The van der Waals surface area contributed by atoms with Gasteiger partial charge in [-0.25, -0.2) is 0 Å². The third kappa shape index (κ3) is 3.57. The zero-order chi connectivity index (χ0) is 23.9. The van der Waals surface area contributed by atoms with Crippen molar-refractivity contribution >= 4 is 27.6 Å². The van der Waals surface area contributed by atoms with Gasteiger partial charge in [0.1, 0.15) is 0 Å². The number of rotatable bonds is 5. The van der Waals surface area contributed by atoms with Gasteiger partial charge in [0, 0.05) is 53.9 Å². The van der Waals surface area contributed by atoms with Gasteiger partial charge in [0.05, 0.1) is 5.92 Å². The van der Waals surface area contributed by atoms with Crippen LogP contribution in [0.2, 0.25) is 0 Å². The van der Waals surface area contributed by atoms with Gasteiger partial charge < -0.3 is 9.13 Å². The largest absolute Gasteiger partial charge is 0.350 e. The molecule has 3 heteroatoms. The van der Waals surface area contributed by atoms with Crippen LogP contribution in [0.1, 0.15) is 27.4 Å². The molecule has 0 atom stereocenters. The highest BCUT2D eigenvalue weighted by Gasteiger charge is 2.30. The molecule has 0 aliphatic carbocycles. The Morgan fingerprint density at radius 1 is 0.571 bits per heavy atom. The number of Topliss-reactive ketones (excluding diaryl/α,β-unsaturated/α-hetero) is 1. The van der Waals surface area contributed by atoms with E-state index in [0.717, 1.165) is 49.6 Å². The van der Waals surface area contributed by atoms with Crippen molar-refractivity contribution in [3.05, 3.63) is 132 Å². The summed E-state index contributed by atoms with van der Waals surface area (Å²) in [6, 6.07) is 34.9. The van der Waals surface area contributed by atoms with E-state index in [1.54, 1.807) is 0 Å². The van der Waals surface area contributed by atoms with Crippen LogP contribution in [0.15, 0.2) is 116 Å². The Morgan fingerprint density at radius 3 is 1.57 bits per heavy atom. The molecule has 0 amide bonds. The molecule has 0 bridgehead atoms. The summed E-state index contributed by atoms with van der Waals surface area (Å²) in [5.41, 5.74) is 7.30. The molecule has 6 rings (SSSR count). The van der Waals surface area contributed by atoms with Crippen LogP contribution in [0, 0.1) is 0 Å². The van der Waals surface area contributed by atoms with Crippen LogP contribution in [0.5, 0.6) is 0 Å². The number of para-hydroxylation sites is 2. The number of aromatic nitrogens is 2. The lowest BCUT2D eigenvalue weighted by Crippen LogP contribution is -2.14. The fraction of sp³-hybridized carbons (Fsp3) is 0.0938. The van der Waals surface area contributed by atoms with Gasteiger partial charge in [0.25, 0.3) is 0 Å². The summed E-state index contributed by atoms with van der Waals surface area (Å²) >= 11 is 0. The third-order valence-electron chi connectivity index (χ3n) is 7.02. The van der Waals surface area contributed by atoms with Crippen molar-refractivity contribution in [2.24, 2.45) is 14.1 Å². The van der Waals surface area contributed by atoms with Gasteiger partial charge in [0.15, 0.2) is 5.78 Å². The number of fused-ring (bicyclic) bond motifs is 2. The minimum atomic E-state index is -0.408. The molecular weight excluding hydrogens is 428 g/mol. The number of nitrogens with zero attached hydrogens (tertiary/aromatic N) is 2. The SMILES string of the molecule is Cn1cc(C(C(=O)c2ccc(-c3ccccc3)cc2)c2cn(C)c3ccccc23)c2ccccc21. The molecule has 0 aliphatic rings. The van der Waals surface area contributed by atoms with Gasteiger partial charge in [-0.15, -0.1) is 0 Å². The molecule has 6 aromatic rings. The van der Waals surface area contributed by atoms with E-state index in [2.05, 4.69) is 57.9 Å². The highest BCUT2D eigenvalue weighted by molar-refractivity contribution is 6.08. The summed E-state index contributed by atoms with van der Waals surface area (Å²) in [6.45, 7) is 0. The highest BCUT2D eigenvalue weighted by Crippen LogP contribution is 2.38. The Bertz CT molecular complexity index is 1590. The zero-order valence-corrected chi connectivity index (χ0v) is 19.8. The summed E-state index contributed by atoms with van der Waals surface area (Å²) in [5, 5.41) is 2.23. The Kier molecular flexibility index (Phi) is 5.11. The first-order valence-corrected chi connectivity index (χ1v) is 11.9. The van der Waals surface area contributed by atoms with Crippen LogP contribution < -0.4 is 0 Å². The second-order valence-corrected chi connectivity index (χ2v) is 9.17. The lowest BCUT2D eigenvalue weighted by Gasteiger charge is -2.16. The topological polar surface area (TPSA) is 26.9 Å². The van der Waals surface area contributed by atoms with E-state index in [1.807, 2.05) is 80.8 Å². The maximum atomic E-state index is 14.3. The van der Waals surface area contributed by atoms with Crippen molar-refractivity contribution in [2.75, 3.05) is 0 Å². The van der Waals surface area contributed by atoms with Gasteiger partial charge in [-0.05, 0) is 34.4 Å². The summed E-state index contributed by atoms with van der Waals surface area (Å²) in [7, 11) is 4.09. The summed E-state index contributed by atoms with van der Waals surface area (Å²) in [5.74, 6) is -0.299. The summed E-state index contributed by atoms with van der Waals surface area (Å²) in [6.07, 6.45) is 4.24. The fourth-order valence-electron chi connectivity index (χ4n) is 5.28. The first-order chi connectivity index (χ1) is 17.1. The molecule has 4 aromatic carbocycles. The first kappa shape index (κ1) is 21.2. The monoisotopic (exact) mass is 454 g/mol. The van der Waals surface area contributed by atoms with E-state index < -0.39 is 5.92 Å². The smallest absolute Gasteiger partial charge is 0.174 e. The maximum Gasteiger partial charge on any atom is 0.174 e. The summed E-state index contributed by atoms with van der Waals surface area (Å²) in [4.78, 5) is 14.3. The van der Waals surface area contributed by atoms with Gasteiger partial charge >= 0.3 is 0 Å². The number of benzene rings is 4. The van der Waals surface area contributed by atoms with Crippen molar-refractivity contribution in [3.8, 4) is 11.1 Å². The number of aryl methyl sites for hydroxylation is 2. The molecule has 0 spiro atoms. The molecule has 0 fully saturated rings. The van der Waals surface area contributed by atoms with Crippen LogP contribution in [0.25, 0.3) is 32.9 Å². The Balaban J connectivity index is 1.53. The van der Waals surface area contributed by atoms with E-state index >= 15 is 0 Å². The molecule has 3 nitrogen and oxygen atoms in total. The van der Waals surface area contributed by atoms with Crippen LogP contribution in [-0.4, -0.2) is 14.9 Å². The third-order valence-corrected chi connectivity index (χ3v) is 7.02. The minimum Gasteiger partial charge on any atom is -0.350 e. The van der Waals surface area contributed by atoms with Crippen LogP contribution in [-0.2, 0) is 14.1 Å². The molecule has 0 saturated carbocycles. The number of ketones is 1. The van der Waals surface area contributed by atoms with E-state index in [9.17, 15) is 4.79 Å². The van der Waals surface area contributed by atoms with Crippen molar-refractivity contribution in [2.45, 2.75) is 5.92 Å². The second-order valence-electron chi connectivity index (χ2n) is 9.17. The molecule has 35 heavy (non-hydrogen) atoms. The molecule has 2 aromatic heterocycles. The first-order valence-electron chi connectivity index (χ1n) is 11.9. The van der Waals surface area contributed by atoms with Gasteiger partial charge in [-0.3, -0.25) is 4.79 Å². The molecule has 0 saturated heterocycles. The predicted molar refractivity (Wildman–Crippen MR) is 144 cm³/mol. The normalized spacial score (nSPS) is 11.5. The zero-order valence-electron chi connectivity index (χ0n) is 19.8. The average molecular weight is 455 g/mol. The van der Waals surface area contributed by atoms with Gasteiger partial charge in [-0.1, -0.05) is 91.0 Å². The molecule has 0 N–H and O–H groups in total. The fourth-order valence-corrected chi connectivity index (χ4v) is 5.28. The number of carbonyl (C=O) groups excluding carboxylic acids is 1. The Hall–Kier alpha value is -4.37. The number of hydrogen-bond acceptors (Lipinski definition) is 1. The quantitative estimate of drug-likeness (QED) is 0.250. The van der Waals surface area contributed by atoms with Crippen molar-refractivity contribution in [3.63, 3.8) is 0 Å². The number of hydrogen-bond donors (Lipinski definition) is 0. The maximum absolute atomic E-state index is 14.3. The van der Waals surface area contributed by atoms with Crippen LogP contribution in [0.4, 0.5) is 0 Å². The lowest BCUT2D eigenvalue weighted by atomic mass is 9.84. The Labute approximate surface area is 204 Å². The predicted octanol–water partition coefficient (Wildman–Crippen LogP) is 7.35. The average Bonchev–Trinajstić information content (AvgIpc) is 3.42. The second kappa shape index (κ2) is 8.44. The molecule has 170 valence electrons. The van der Waals surface area contributed by atoms with E-state index in [-0.39, 0.29) is 5.78 Å². The molecule has 0 radical (unpaired) electrons. The minimum absolute atomic E-state index is 0.109. The van der Waals surface area contributed by atoms with Crippen LogP contribution >= 0.6 is 0 Å². The number of carbonyl (C=O) groups is 1. The van der Waals surface area contributed by atoms with Gasteiger partial charge in [-0.2, -0.15) is 0 Å². The molecule has 0 unspecified atom stereocenters. The van der Waals surface area contributed by atoms with E-state index in [4.69, 9.17) is 0 Å². The lowest BCUT2D eigenvalue weighted by molar-refractivity contribution is 0.0974. The molecular formula is C32H26N2O. The Morgan fingerprint density at radius 2 is 1.03 bits per heavy atom. The van der Waals surface area contributed by atoms with Crippen molar-refractivity contribution < 1.29 is 4.79 Å². The van der Waals surface area contributed by atoms with Gasteiger partial charge in [0.2, 0.25) is 0 Å². The van der Waals surface area contributed by atoms with Crippen molar-refractivity contribution in [1.82, 2.24) is 9.13 Å². The highest BCUT2D eigenvalue weighted by atomic mass is 16.1. The standard InChI is InChI=1S/C32H26N2O/c1-33-20-27(25-12-6-8-14-29(25)33)31(28-21-34(2)30-15-9-7-13-26(28)30)32(35)24-18-16-23(17-19-24)22-10-4-3-5-11-22/h3-21,31H,1-2H3. The molecule has 0 aliphatic heterocycles. The van der Waals surface area contributed by atoms with Crippen molar-refractivity contribution in [1.29, 1.82) is 0 Å². The molecule has 2 heterocycles. The van der Waals surface area contributed by atoms with E-state index in [1.165, 1.54) is 0 Å². The van der Waals surface area contributed by atoms with Crippen LogP contribution in [0.3, 0.4) is 0 Å². The van der Waals surface area contributed by atoms with E-state index in [0.29, 0.717) is 0 Å².